The highest BCUT2D eigenvalue weighted by atomic mass is 19.3. The number of para-hydroxylation sites is 1. The molecule has 0 spiro atoms. The van der Waals surface area contributed by atoms with Gasteiger partial charge in [-0.3, -0.25) is 10.1 Å². The van der Waals surface area contributed by atoms with Crippen LogP contribution < -0.4 is 4.74 Å². The van der Waals surface area contributed by atoms with Gasteiger partial charge in [-0.2, -0.15) is 8.78 Å². The summed E-state index contributed by atoms with van der Waals surface area (Å²) in [5, 5.41) is 10.6. The van der Waals surface area contributed by atoms with Gasteiger partial charge in [0, 0.05) is 0 Å². The van der Waals surface area contributed by atoms with E-state index in [-0.39, 0.29) is 5.56 Å². The molecule has 80 valence electrons. The zero-order valence-corrected chi connectivity index (χ0v) is 7.52. The first-order valence-electron chi connectivity index (χ1n) is 3.91. The van der Waals surface area contributed by atoms with Gasteiger partial charge < -0.3 is 4.74 Å². The normalized spacial score (nSPS) is 10.1. The number of nitrogens with zero attached hydrogens (tertiary/aromatic N) is 1. The van der Waals surface area contributed by atoms with Crippen molar-refractivity contribution in [2.45, 2.75) is 6.61 Å². The van der Waals surface area contributed by atoms with Crippen LogP contribution in [0, 0.1) is 10.1 Å². The fourth-order valence-electron chi connectivity index (χ4n) is 1.09. The number of benzene rings is 1. The van der Waals surface area contributed by atoms with Crippen molar-refractivity contribution in [3.8, 4) is 5.75 Å². The monoisotopic (exact) mass is 215 g/mol. The summed E-state index contributed by atoms with van der Waals surface area (Å²) in [6, 6.07) is 3.88. The minimum atomic E-state index is -3.09. The average molecular weight is 215 g/mol. The smallest absolute Gasteiger partial charge is 0.387 e. The Balaban J connectivity index is 3.25. The molecule has 0 saturated heterocycles. The number of hydrogen-bond acceptors (Lipinski definition) is 3. The Morgan fingerprint density at radius 3 is 2.67 bits per heavy atom. The number of ether oxygens (including phenoxy) is 1. The maximum atomic E-state index is 11.9. The molecule has 6 heteroatoms. The van der Waals surface area contributed by atoms with Crippen molar-refractivity contribution in [3.63, 3.8) is 0 Å². The van der Waals surface area contributed by atoms with Gasteiger partial charge in [-0.05, 0) is 12.1 Å². The van der Waals surface area contributed by atoms with Gasteiger partial charge in [0.1, 0.15) is 0 Å². The molecule has 0 saturated carbocycles. The molecule has 0 unspecified atom stereocenters. The maximum Gasteiger partial charge on any atom is 0.387 e. The standard InChI is InChI=1S/C9H7F2NO3/c1-2-6-4-3-5-7(15-9(10)11)8(6)12(13)14/h2-5,9H,1H2. The molecule has 0 aliphatic rings. The molecule has 1 aromatic carbocycles. The molecule has 0 bridgehead atoms. The van der Waals surface area contributed by atoms with Crippen LogP contribution in [0.25, 0.3) is 6.08 Å². The van der Waals surface area contributed by atoms with Crippen LogP contribution >= 0.6 is 0 Å². The van der Waals surface area contributed by atoms with Crippen LogP contribution in [0.2, 0.25) is 0 Å². The summed E-state index contributed by atoms with van der Waals surface area (Å²) in [6.07, 6.45) is 1.20. The first-order chi connectivity index (χ1) is 7.06. The second-order valence-corrected chi connectivity index (χ2v) is 2.53. The minimum absolute atomic E-state index is 0.137. The Kier molecular flexibility index (Phi) is 3.33. The van der Waals surface area contributed by atoms with Crippen LogP contribution in [0.5, 0.6) is 5.75 Å². The van der Waals surface area contributed by atoms with E-state index in [1.165, 1.54) is 18.2 Å². The van der Waals surface area contributed by atoms with E-state index in [0.29, 0.717) is 0 Å². The van der Waals surface area contributed by atoms with E-state index in [1.54, 1.807) is 0 Å². The van der Waals surface area contributed by atoms with Crippen molar-refractivity contribution in [1.29, 1.82) is 0 Å². The van der Waals surface area contributed by atoms with E-state index < -0.39 is 23.0 Å². The van der Waals surface area contributed by atoms with Gasteiger partial charge in [-0.25, -0.2) is 0 Å². The number of alkyl halides is 2. The van der Waals surface area contributed by atoms with Gasteiger partial charge in [0.25, 0.3) is 0 Å². The fourth-order valence-corrected chi connectivity index (χ4v) is 1.09. The Bertz CT molecular complexity index is 393. The largest absolute Gasteiger partial charge is 0.427 e. The summed E-state index contributed by atoms with van der Waals surface area (Å²) >= 11 is 0. The molecule has 0 atom stereocenters. The van der Waals surface area contributed by atoms with E-state index in [0.717, 1.165) is 6.07 Å². The lowest BCUT2D eigenvalue weighted by atomic mass is 10.1. The van der Waals surface area contributed by atoms with Crippen LogP contribution in [0.3, 0.4) is 0 Å². The highest BCUT2D eigenvalue weighted by Crippen LogP contribution is 2.32. The van der Waals surface area contributed by atoms with Crippen LogP contribution in [0.15, 0.2) is 24.8 Å². The Morgan fingerprint density at radius 1 is 1.53 bits per heavy atom. The highest BCUT2D eigenvalue weighted by molar-refractivity contribution is 5.65. The lowest BCUT2D eigenvalue weighted by Gasteiger charge is -2.06. The quantitative estimate of drug-likeness (QED) is 0.573. The predicted octanol–water partition coefficient (Wildman–Crippen LogP) is 2.84. The first-order valence-corrected chi connectivity index (χ1v) is 3.91. The van der Waals surface area contributed by atoms with E-state index in [9.17, 15) is 18.9 Å². The molecule has 1 rings (SSSR count). The minimum Gasteiger partial charge on any atom is -0.427 e. The van der Waals surface area contributed by atoms with Crippen molar-refractivity contribution in [2.24, 2.45) is 0 Å². The third kappa shape index (κ3) is 2.49. The third-order valence-electron chi connectivity index (χ3n) is 1.65. The van der Waals surface area contributed by atoms with Gasteiger partial charge in [0.05, 0.1) is 10.5 Å². The van der Waals surface area contributed by atoms with E-state index in [2.05, 4.69) is 11.3 Å². The summed E-state index contributed by atoms with van der Waals surface area (Å²) in [7, 11) is 0. The summed E-state index contributed by atoms with van der Waals surface area (Å²) < 4.78 is 27.9. The molecule has 0 aliphatic heterocycles. The van der Waals surface area contributed by atoms with Crippen LogP contribution in [0.1, 0.15) is 5.56 Å². The Hall–Kier alpha value is -1.98. The lowest BCUT2D eigenvalue weighted by Crippen LogP contribution is -2.05. The number of halogens is 2. The molecular weight excluding hydrogens is 208 g/mol. The summed E-state index contributed by atoms with van der Waals surface area (Å²) in [6.45, 7) is 0.253. The number of nitro groups is 1. The van der Waals surface area contributed by atoms with Crippen molar-refractivity contribution in [3.05, 3.63) is 40.5 Å². The summed E-state index contributed by atoms with van der Waals surface area (Å²) in [4.78, 5) is 9.83. The highest BCUT2D eigenvalue weighted by Gasteiger charge is 2.21. The third-order valence-corrected chi connectivity index (χ3v) is 1.65. The van der Waals surface area contributed by atoms with E-state index in [4.69, 9.17) is 0 Å². The molecule has 1 aromatic rings. The number of rotatable bonds is 4. The molecule has 0 N–H and O–H groups in total. The molecule has 0 aliphatic carbocycles. The Morgan fingerprint density at radius 2 is 2.20 bits per heavy atom. The fraction of sp³-hybridized carbons (Fsp3) is 0.111. The molecule has 0 fully saturated rings. The van der Waals surface area contributed by atoms with Crippen molar-refractivity contribution >= 4 is 11.8 Å². The van der Waals surface area contributed by atoms with Gasteiger partial charge in [0.2, 0.25) is 5.75 Å². The molecule has 0 aromatic heterocycles. The topological polar surface area (TPSA) is 52.4 Å². The SMILES string of the molecule is C=Cc1cccc(OC(F)F)c1[N+](=O)[O-]. The maximum absolute atomic E-state index is 11.9. The first kappa shape index (κ1) is 11.1. The van der Waals surface area contributed by atoms with Crippen LogP contribution in [0.4, 0.5) is 14.5 Å². The van der Waals surface area contributed by atoms with Crippen molar-refractivity contribution < 1.29 is 18.4 Å². The zero-order valence-electron chi connectivity index (χ0n) is 7.52. The van der Waals surface area contributed by atoms with Crippen LogP contribution in [-0.2, 0) is 0 Å². The summed E-state index contributed by atoms with van der Waals surface area (Å²) in [5.74, 6) is -0.465. The molecular formula is C9H7F2NO3. The number of nitro benzene ring substituents is 1. The van der Waals surface area contributed by atoms with Gasteiger partial charge in [0.15, 0.2) is 0 Å². The predicted molar refractivity (Wildman–Crippen MR) is 49.8 cm³/mol. The number of hydrogen-bond donors (Lipinski definition) is 0. The molecule has 15 heavy (non-hydrogen) atoms. The second kappa shape index (κ2) is 4.50. The van der Waals surface area contributed by atoms with E-state index in [1.807, 2.05) is 0 Å². The van der Waals surface area contributed by atoms with Crippen LogP contribution in [-0.4, -0.2) is 11.5 Å². The lowest BCUT2D eigenvalue weighted by molar-refractivity contribution is -0.386. The molecule has 4 nitrogen and oxygen atoms in total. The zero-order chi connectivity index (χ0) is 11.4. The molecule has 0 radical (unpaired) electrons. The van der Waals surface area contributed by atoms with E-state index >= 15 is 0 Å². The van der Waals surface area contributed by atoms with Crippen molar-refractivity contribution in [2.75, 3.05) is 0 Å². The average Bonchev–Trinajstić information content (AvgIpc) is 2.15. The van der Waals surface area contributed by atoms with Gasteiger partial charge in [-0.15, -0.1) is 0 Å². The second-order valence-electron chi connectivity index (χ2n) is 2.53. The van der Waals surface area contributed by atoms with Gasteiger partial charge >= 0.3 is 12.3 Å². The Labute approximate surface area is 83.9 Å². The van der Waals surface area contributed by atoms with Crippen molar-refractivity contribution in [1.82, 2.24) is 0 Å². The van der Waals surface area contributed by atoms with Gasteiger partial charge in [-0.1, -0.05) is 18.7 Å². The molecule has 0 heterocycles. The molecule has 0 amide bonds. The summed E-state index contributed by atoms with van der Waals surface area (Å²) in [5.41, 5.74) is -0.369.